The van der Waals surface area contributed by atoms with Crippen LogP contribution in [-0.4, -0.2) is 35.4 Å². The first-order chi connectivity index (χ1) is 8.66. The van der Waals surface area contributed by atoms with Crippen molar-refractivity contribution in [2.24, 2.45) is 0 Å². The Morgan fingerprint density at radius 1 is 1.44 bits per heavy atom. The van der Waals surface area contributed by atoms with Crippen LogP contribution in [0.25, 0.3) is 0 Å². The fraction of sp³-hybridized carbons (Fsp3) is 0.500. The van der Waals surface area contributed by atoms with Crippen molar-refractivity contribution in [1.29, 1.82) is 0 Å². The lowest BCUT2D eigenvalue weighted by Gasteiger charge is -2.28. The molecule has 2 rings (SSSR count). The molecule has 0 radical (unpaired) electrons. The minimum absolute atomic E-state index is 0.272. The van der Waals surface area contributed by atoms with Gasteiger partial charge in [0.05, 0.1) is 12.7 Å². The number of nitrogens with zero attached hydrogens (tertiary/aromatic N) is 1. The first-order valence-corrected chi connectivity index (χ1v) is 6.33. The summed E-state index contributed by atoms with van der Waals surface area (Å²) in [5, 5.41) is 9.10. The SMILES string of the molecule is CC(O)CCOC(=O)N1CCc2ccccc2C1. The van der Waals surface area contributed by atoms with Gasteiger partial charge in [-0.15, -0.1) is 0 Å². The summed E-state index contributed by atoms with van der Waals surface area (Å²) >= 11 is 0. The van der Waals surface area contributed by atoms with E-state index in [0.29, 0.717) is 19.5 Å². The standard InChI is InChI=1S/C14H19NO3/c1-11(16)7-9-18-14(17)15-8-6-12-4-2-3-5-13(12)10-15/h2-5,11,16H,6-10H2,1H3. The number of hydrogen-bond acceptors (Lipinski definition) is 3. The van der Waals surface area contributed by atoms with Crippen LogP contribution < -0.4 is 0 Å². The highest BCUT2D eigenvalue weighted by atomic mass is 16.6. The number of hydrogen-bond donors (Lipinski definition) is 1. The molecule has 0 saturated heterocycles. The summed E-state index contributed by atoms with van der Waals surface area (Å²) in [7, 11) is 0. The zero-order valence-corrected chi connectivity index (χ0v) is 10.6. The largest absolute Gasteiger partial charge is 0.449 e. The van der Waals surface area contributed by atoms with Gasteiger partial charge in [-0.05, 0) is 24.5 Å². The zero-order chi connectivity index (χ0) is 13.0. The smallest absolute Gasteiger partial charge is 0.410 e. The molecule has 1 atom stereocenters. The molecule has 1 aromatic rings. The molecule has 1 aliphatic heterocycles. The number of fused-ring (bicyclic) bond motifs is 1. The lowest BCUT2D eigenvalue weighted by atomic mass is 10.0. The fourth-order valence-electron chi connectivity index (χ4n) is 2.06. The monoisotopic (exact) mass is 249 g/mol. The van der Waals surface area contributed by atoms with Gasteiger partial charge in [0.15, 0.2) is 0 Å². The molecule has 0 fully saturated rings. The highest BCUT2D eigenvalue weighted by Crippen LogP contribution is 2.18. The third-order valence-corrected chi connectivity index (χ3v) is 3.15. The molecule has 0 spiro atoms. The van der Waals surface area contributed by atoms with Gasteiger partial charge in [0, 0.05) is 19.5 Å². The highest BCUT2D eigenvalue weighted by molar-refractivity contribution is 5.68. The lowest BCUT2D eigenvalue weighted by Crippen LogP contribution is -2.36. The van der Waals surface area contributed by atoms with Crippen LogP contribution in [0.1, 0.15) is 24.5 Å². The van der Waals surface area contributed by atoms with Gasteiger partial charge < -0.3 is 14.7 Å². The van der Waals surface area contributed by atoms with Gasteiger partial charge in [0.2, 0.25) is 0 Å². The number of carbonyl (C=O) groups is 1. The van der Waals surface area contributed by atoms with Crippen LogP contribution in [0.5, 0.6) is 0 Å². The Balaban J connectivity index is 1.87. The number of rotatable bonds is 3. The summed E-state index contributed by atoms with van der Waals surface area (Å²) in [5.74, 6) is 0. The average Bonchev–Trinajstić information content (AvgIpc) is 2.37. The summed E-state index contributed by atoms with van der Waals surface area (Å²) in [6.45, 7) is 3.27. The van der Waals surface area contributed by atoms with Gasteiger partial charge >= 0.3 is 6.09 Å². The summed E-state index contributed by atoms with van der Waals surface area (Å²) in [6, 6.07) is 8.16. The second kappa shape index (κ2) is 5.87. The third-order valence-electron chi connectivity index (χ3n) is 3.15. The van der Waals surface area contributed by atoms with Crippen LogP contribution in [-0.2, 0) is 17.7 Å². The predicted octanol–water partition coefficient (Wildman–Crippen LogP) is 1.95. The van der Waals surface area contributed by atoms with Gasteiger partial charge in [-0.3, -0.25) is 0 Å². The Hall–Kier alpha value is -1.55. The van der Waals surface area contributed by atoms with E-state index in [1.54, 1.807) is 11.8 Å². The lowest BCUT2D eigenvalue weighted by molar-refractivity contribution is 0.0803. The van der Waals surface area contributed by atoms with Crippen LogP contribution in [0.4, 0.5) is 4.79 Å². The molecule has 1 amide bonds. The summed E-state index contributed by atoms with van der Waals surface area (Å²) in [6.07, 6.45) is 0.641. The Bertz CT molecular complexity index is 417. The molecule has 0 aromatic heterocycles. The Kier molecular flexibility index (Phi) is 4.20. The highest BCUT2D eigenvalue weighted by Gasteiger charge is 2.21. The van der Waals surface area contributed by atoms with Crippen molar-refractivity contribution >= 4 is 6.09 Å². The van der Waals surface area contributed by atoms with Gasteiger partial charge in [-0.2, -0.15) is 0 Å². The third kappa shape index (κ3) is 3.23. The zero-order valence-electron chi connectivity index (χ0n) is 10.6. The minimum Gasteiger partial charge on any atom is -0.449 e. The molecular formula is C14H19NO3. The second-order valence-electron chi connectivity index (χ2n) is 4.69. The van der Waals surface area contributed by atoms with Gasteiger partial charge in [0.1, 0.15) is 0 Å². The minimum atomic E-state index is -0.431. The van der Waals surface area contributed by atoms with E-state index in [1.807, 2.05) is 18.2 Å². The van der Waals surface area contributed by atoms with Crippen molar-refractivity contribution in [2.75, 3.05) is 13.2 Å². The van der Waals surface area contributed by atoms with Crippen molar-refractivity contribution in [3.05, 3.63) is 35.4 Å². The van der Waals surface area contributed by atoms with Crippen molar-refractivity contribution in [3.8, 4) is 0 Å². The molecule has 4 nitrogen and oxygen atoms in total. The van der Waals surface area contributed by atoms with E-state index < -0.39 is 6.10 Å². The normalized spacial score (nSPS) is 16.0. The summed E-state index contributed by atoms with van der Waals surface area (Å²) < 4.78 is 5.13. The molecule has 1 unspecified atom stereocenters. The van der Waals surface area contributed by atoms with E-state index in [2.05, 4.69) is 6.07 Å². The second-order valence-corrected chi connectivity index (χ2v) is 4.69. The average molecular weight is 249 g/mol. The maximum Gasteiger partial charge on any atom is 0.410 e. The van der Waals surface area contributed by atoms with Crippen LogP contribution in [0.2, 0.25) is 0 Å². The molecule has 18 heavy (non-hydrogen) atoms. The number of benzene rings is 1. The molecule has 4 heteroatoms. The maximum absolute atomic E-state index is 11.8. The van der Waals surface area contributed by atoms with E-state index in [9.17, 15) is 4.79 Å². The Morgan fingerprint density at radius 2 is 2.17 bits per heavy atom. The molecule has 1 N–H and O–H groups in total. The van der Waals surface area contributed by atoms with E-state index >= 15 is 0 Å². The van der Waals surface area contributed by atoms with Crippen molar-refractivity contribution in [2.45, 2.75) is 32.4 Å². The van der Waals surface area contributed by atoms with E-state index in [1.165, 1.54) is 11.1 Å². The molecule has 1 aliphatic rings. The topological polar surface area (TPSA) is 49.8 Å². The van der Waals surface area contributed by atoms with E-state index in [4.69, 9.17) is 9.84 Å². The van der Waals surface area contributed by atoms with Crippen molar-refractivity contribution in [3.63, 3.8) is 0 Å². The van der Waals surface area contributed by atoms with Crippen LogP contribution in [0.15, 0.2) is 24.3 Å². The van der Waals surface area contributed by atoms with Crippen LogP contribution >= 0.6 is 0 Å². The summed E-state index contributed by atoms with van der Waals surface area (Å²) in [4.78, 5) is 13.5. The predicted molar refractivity (Wildman–Crippen MR) is 68.2 cm³/mol. The Morgan fingerprint density at radius 3 is 2.89 bits per heavy atom. The van der Waals surface area contributed by atoms with Gasteiger partial charge in [-0.1, -0.05) is 24.3 Å². The maximum atomic E-state index is 11.8. The van der Waals surface area contributed by atoms with Crippen molar-refractivity contribution in [1.82, 2.24) is 4.90 Å². The van der Waals surface area contributed by atoms with E-state index in [0.717, 1.165) is 6.42 Å². The molecule has 0 saturated carbocycles. The molecular weight excluding hydrogens is 230 g/mol. The number of aliphatic hydroxyl groups is 1. The number of ether oxygens (including phenoxy) is 1. The van der Waals surface area contributed by atoms with Gasteiger partial charge in [-0.25, -0.2) is 4.79 Å². The molecule has 0 bridgehead atoms. The van der Waals surface area contributed by atoms with Crippen molar-refractivity contribution < 1.29 is 14.6 Å². The van der Waals surface area contributed by atoms with Gasteiger partial charge in [0.25, 0.3) is 0 Å². The molecule has 1 heterocycles. The Labute approximate surface area is 107 Å². The number of amides is 1. The van der Waals surface area contributed by atoms with Crippen LogP contribution in [0, 0.1) is 0 Å². The molecule has 0 aliphatic carbocycles. The first kappa shape index (κ1) is 12.9. The molecule has 98 valence electrons. The summed E-state index contributed by atoms with van der Waals surface area (Å²) in [5.41, 5.74) is 2.50. The fourth-order valence-corrected chi connectivity index (χ4v) is 2.06. The number of aliphatic hydroxyl groups excluding tert-OH is 1. The molecule has 1 aromatic carbocycles. The first-order valence-electron chi connectivity index (χ1n) is 6.33. The quantitative estimate of drug-likeness (QED) is 0.890. The van der Waals surface area contributed by atoms with E-state index in [-0.39, 0.29) is 12.7 Å². The van der Waals surface area contributed by atoms with Crippen LogP contribution in [0.3, 0.4) is 0 Å². The number of carbonyl (C=O) groups excluding carboxylic acids is 1.